The summed E-state index contributed by atoms with van der Waals surface area (Å²) in [7, 11) is 1.34. The van der Waals surface area contributed by atoms with Gasteiger partial charge < -0.3 is 15.2 Å². The molecule has 0 aromatic heterocycles. The van der Waals surface area contributed by atoms with E-state index in [1.807, 2.05) is 0 Å². The van der Waals surface area contributed by atoms with Crippen LogP contribution in [-0.2, 0) is 15.9 Å². The fourth-order valence-electron chi connectivity index (χ4n) is 2.37. The van der Waals surface area contributed by atoms with Gasteiger partial charge in [0.05, 0.1) is 25.9 Å². The summed E-state index contributed by atoms with van der Waals surface area (Å²) in [6.07, 6.45) is 0.658. The lowest BCUT2D eigenvalue weighted by Crippen LogP contribution is -2.37. The fraction of sp³-hybridized carbons (Fsp3) is 0.467. The number of esters is 1. The van der Waals surface area contributed by atoms with Gasteiger partial charge in [-0.15, -0.1) is 0 Å². The van der Waals surface area contributed by atoms with Crippen LogP contribution in [0.2, 0.25) is 0 Å². The largest absolute Gasteiger partial charge is 0.465 e. The van der Waals surface area contributed by atoms with Gasteiger partial charge >= 0.3 is 5.97 Å². The molecule has 1 aromatic carbocycles. The second-order valence-electron chi connectivity index (χ2n) is 4.93. The van der Waals surface area contributed by atoms with Crippen LogP contribution in [0.15, 0.2) is 18.2 Å². The molecule has 0 bridgehead atoms. The summed E-state index contributed by atoms with van der Waals surface area (Å²) < 4.78 is 10.1. The zero-order valence-corrected chi connectivity index (χ0v) is 12.1. The first-order chi connectivity index (χ1) is 10.1. The number of carbonyl (C=O) groups is 2. The second kappa shape index (κ2) is 7.19. The number of morpholine rings is 1. The Bertz CT molecular complexity index is 524. The minimum Gasteiger partial charge on any atom is -0.465 e. The lowest BCUT2D eigenvalue weighted by molar-refractivity contribution is 0.0383. The Labute approximate surface area is 123 Å². The molecule has 0 atom stereocenters. The molecular formula is C15H20N2O4. The summed E-state index contributed by atoms with van der Waals surface area (Å²) in [4.78, 5) is 25.3. The Morgan fingerprint density at radius 1 is 1.33 bits per heavy atom. The molecule has 0 aliphatic carbocycles. The Kier molecular flexibility index (Phi) is 5.30. The number of benzene rings is 1. The summed E-state index contributed by atoms with van der Waals surface area (Å²) in [5, 5.41) is 0. The van der Waals surface area contributed by atoms with Gasteiger partial charge in [-0.2, -0.15) is 0 Å². The predicted octanol–water partition coefficient (Wildman–Crippen LogP) is 0.447. The van der Waals surface area contributed by atoms with Gasteiger partial charge in [0.2, 0.25) is 5.91 Å². The summed E-state index contributed by atoms with van der Waals surface area (Å²) >= 11 is 0. The number of methoxy groups -OCH3 is 1. The van der Waals surface area contributed by atoms with Gasteiger partial charge in [0.15, 0.2) is 0 Å². The molecule has 1 saturated heterocycles. The van der Waals surface area contributed by atoms with Gasteiger partial charge in [0.25, 0.3) is 0 Å². The molecule has 21 heavy (non-hydrogen) atoms. The number of nitrogens with two attached hydrogens (primary N) is 1. The van der Waals surface area contributed by atoms with Crippen LogP contribution in [0, 0.1) is 0 Å². The van der Waals surface area contributed by atoms with E-state index < -0.39 is 11.9 Å². The number of hydrogen-bond donors (Lipinski definition) is 1. The van der Waals surface area contributed by atoms with Gasteiger partial charge in [0, 0.05) is 25.2 Å². The standard InChI is InChI=1S/C15H20N2O4/c1-20-15(19)13-3-2-12(14(16)18)10-11(13)4-5-17-6-8-21-9-7-17/h2-3,10H,4-9H2,1H3,(H2,16,18). The summed E-state index contributed by atoms with van der Waals surface area (Å²) in [5.74, 6) is -0.901. The summed E-state index contributed by atoms with van der Waals surface area (Å²) in [5.41, 5.74) is 6.96. The van der Waals surface area contributed by atoms with Crippen LogP contribution in [0.5, 0.6) is 0 Å². The summed E-state index contributed by atoms with van der Waals surface area (Å²) in [6.45, 7) is 4.01. The highest BCUT2D eigenvalue weighted by Gasteiger charge is 2.16. The SMILES string of the molecule is COC(=O)c1ccc(C(N)=O)cc1CCN1CCOCC1. The Balaban J connectivity index is 2.15. The molecule has 1 amide bonds. The van der Waals surface area contributed by atoms with Crippen molar-refractivity contribution in [2.45, 2.75) is 6.42 Å². The van der Waals surface area contributed by atoms with Gasteiger partial charge in [-0.3, -0.25) is 9.69 Å². The van der Waals surface area contributed by atoms with Gasteiger partial charge in [-0.05, 0) is 30.2 Å². The zero-order valence-electron chi connectivity index (χ0n) is 12.1. The first-order valence-electron chi connectivity index (χ1n) is 6.93. The minimum absolute atomic E-state index is 0.400. The highest BCUT2D eigenvalue weighted by Crippen LogP contribution is 2.15. The maximum atomic E-state index is 11.8. The minimum atomic E-state index is -0.501. The molecule has 114 valence electrons. The van der Waals surface area contributed by atoms with E-state index >= 15 is 0 Å². The Hall–Kier alpha value is -1.92. The van der Waals surface area contributed by atoms with E-state index in [0.717, 1.165) is 38.4 Å². The van der Waals surface area contributed by atoms with Crippen molar-refractivity contribution in [3.63, 3.8) is 0 Å². The van der Waals surface area contributed by atoms with Crippen LogP contribution < -0.4 is 5.73 Å². The quantitative estimate of drug-likeness (QED) is 0.797. The van der Waals surface area contributed by atoms with Crippen LogP contribution in [0.4, 0.5) is 0 Å². The lowest BCUT2D eigenvalue weighted by Gasteiger charge is -2.26. The zero-order chi connectivity index (χ0) is 15.2. The molecule has 1 heterocycles. The van der Waals surface area contributed by atoms with E-state index in [4.69, 9.17) is 15.2 Å². The Morgan fingerprint density at radius 3 is 2.67 bits per heavy atom. The molecule has 1 aliphatic rings. The number of hydrogen-bond acceptors (Lipinski definition) is 5. The number of ether oxygens (including phenoxy) is 2. The molecule has 0 radical (unpaired) electrons. The maximum Gasteiger partial charge on any atom is 0.338 e. The van der Waals surface area contributed by atoms with Crippen molar-refractivity contribution in [1.82, 2.24) is 4.90 Å². The molecule has 1 fully saturated rings. The molecule has 6 heteroatoms. The van der Waals surface area contributed by atoms with E-state index in [0.29, 0.717) is 17.5 Å². The first kappa shape index (κ1) is 15.5. The third-order valence-corrected chi connectivity index (χ3v) is 3.60. The van der Waals surface area contributed by atoms with Crippen molar-refractivity contribution < 1.29 is 19.1 Å². The highest BCUT2D eigenvalue weighted by atomic mass is 16.5. The van der Waals surface area contributed by atoms with Crippen LogP contribution in [0.25, 0.3) is 0 Å². The van der Waals surface area contributed by atoms with Crippen LogP contribution in [0.3, 0.4) is 0 Å². The number of nitrogens with zero attached hydrogens (tertiary/aromatic N) is 1. The predicted molar refractivity (Wildman–Crippen MR) is 77.3 cm³/mol. The van der Waals surface area contributed by atoms with Crippen molar-refractivity contribution in [2.24, 2.45) is 5.73 Å². The van der Waals surface area contributed by atoms with Crippen LogP contribution >= 0.6 is 0 Å². The summed E-state index contributed by atoms with van der Waals surface area (Å²) in [6, 6.07) is 4.82. The topological polar surface area (TPSA) is 81.9 Å². The van der Waals surface area contributed by atoms with E-state index in [1.54, 1.807) is 18.2 Å². The van der Waals surface area contributed by atoms with E-state index in [2.05, 4.69) is 4.90 Å². The molecular weight excluding hydrogens is 272 g/mol. The third kappa shape index (κ3) is 4.03. The molecule has 1 aliphatic heterocycles. The first-order valence-corrected chi connectivity index (χ1v) is 6.93. The molecule has 0 unspecified atom stereocenters. The number of amides is 1. The van der Waals surface area contributed by atoms with Gasteiger partial charge in [0.1, 0.15) is 0 Å². The third-order valence-electron chi connectivity index (χ3n) is 3.60. The maximum absolute atomic E-state index is 11.8. The number of primary amides is 1. The average molecular weight is 292 g/mol. The normalized spacial score (nSPS) is 15.7. The Morgan fingerprint density at radius 2 is 2.05 bits per heavy atom. The van der Waals surface area contributed by atoms with Crippen LogP contribution in [-0.4, -0.2) is 56.7 Å². The number of carbonyl (C=O) groups excluding carboxylic acids is 2. The van der Waals surface area contributed by atoms with Gasteiger partial charge in [-0.25, -0.2) is 4.79 Å². The molecule has 0 spiro atoms. The molecule has 1 aromatic rings. The van der Waals surface area contributed by atoms with Gasteiger partial charge in [-0.1, -0.05) is 0 Å². The van der Waals surface area contributed by atoms with E-state index in [-0.39, 0.29) is 0 Å². The monoisotopic (exact) mass is 292 g/mol. The molecule has 0 saturated carbocycles. The molecule has 2 N–H and O–H groups in total. The highest BCUT2D eigenvalue weighted by molar-refractivity contribution is 5.96. The van der Waals surface area contributed by atoms with E-state index in [9.17, 15) is 9.59 Å². The smallest absolute Gasteiger partial charge is 0.338 e. The van der Waals surface area contributed by atoms with Crippen molar-refractivity contribution in [1.29, 1.82) is 0 Å². The second-order valence-corrected chi connectivity index (χ2v) is 4.93. The van der Waals surface area contributed by atoms with Crippen molar-refractivity contribution in [2.75, 3.05) is 40.0 Å². The molecule has 6 nitrogen and oxygen atoms in total. The lowest BCUT2D eigenvalue weighted by atomic mass is 10.0. The van der Waals surface area contributed by atoms with Crippen LogP contribution in [0.1, 0.15) is 26.3 Å². The van der Waals surface area contributed by atoms with Crippen molar-refractivity contribution in [3.8, 4) is 0 Å². The fourth-order valence-corrected chi connectivity index (χ4v) is 2.37. The molecule has 2 rings (SSSR count). The van der Waals surface area contributed by atoms with Crippen molar-refractivity contribution >= 4 is 11.9 Å². The van der Waals surface area contributed by atoms with E-state index in [1.165, 1.54) is 7.11 Å². The average Bonchev–Trinajstić information content (AvgIpc) is 2.52. The number of rotatable bonds is 5. The van der Waals surface area contributed by atoms with Crippen molar-refractivity contribution in [3.05, 3.63) is 34.9 Å².